The minimum atomic E-state index is -0.164. The molecular formula is C23H18N4O2S. The van der Waals surface area contributed by atoms with Crippen LogP contribution in [0.2, 0.25) is 0 Å². The second kappa shape index (κ2) is 7.61. The van der Waals surface area contributed by atoms with Crippen molar-refractivity contribution in [3.05, 3.63) is 87.7 Å². The zero-order valence-corrected chi connectivity index (χ0v) is 16.8. The lowest BCUT2D eigenvalue weighted by molar-refractivity contribution is -0.120. The smallest absolute Gasteiger partial charge is 0.271 e. The first-order chi connectivity index (χ1) is 14.7. The lowest BCUT2D eigenvalue weighted by atomic mass is 10.1. The third-order valence-electron chi connectivity index (χ3n) is 4.98. The Morgan fingerprint density at radius 1 is 0.967 bits per heavy atom. The standard InChI is InChI=1S/C23H18N4O2S/c28-21(24-13-14-6-8-18-17(10-14)23(29)27-26-18)12-22-25-19-9-7-16(11-20(19)30-22)15-4-2-1-3-5-15/h1-11H,12-13H2,(H,24,28)(H2,26,27,29). The molecule has 5 aromatic rings. The summed E-state index contributed by atoms with van der Waals surface area (Å²) >= 11 is 1.54. The molecule has 1 amide bonds. The Hall–Kier alpha value is -3.71. The molecule has 6 nitrogen and oxygen atoms in total. The summed E-state index contributed by atoms with van der Waals surface area (Å²) in [6, 6.07) is 21.9. The van der Waals surface area contributed by atoms with Crippen LogP contribution < -0.4 is 10.9 Å². The summed E-state index contributed by atoms with van der Waals surface area (Å²) in [6.07, 6.45) is 0.229. The number of H-pyrrole nitrogens is 2. The predicted molar refractivity (Wildman–Crippen MR) is 120 cm³/mol. The second-order valence-corrected chi connectivity index (χ2v) is 8.18. The van der Waals surface area contributed by atoms with Gasteiger partial charge in [0.2, 0.25) is 5.91 Å². The van der Waals surface area contributed by atoms with Crippen LogP contribution in [0.5, 0.6) is 0 Å². The number of amides is 1. The molecule has 148 valence electrons. The Labute approximate surface area is 175 Å². The first-order valence-corrected chi connectivity index (χ1v) is 10.4. The van der Waals surface area contributed by atoms with Gasteiger partial charge in [0.25, 0.3) is 5.56 Å². The molecule has 0 radical (unpaired) electrons. The highest BCUT2D eigenvalue weighted by Crippen LogP contribution is 2.28. The number of aromatic amines is 2. The van der Waals surface area contributed by atoms with Crippen molar-refractivity contribution in [3.63, 3.8) is 0 Å². The number of nitrogens with zero attached hydrogens (tertiary/aromatic N) is 1. The van der Waals surface area contributed by atoms with E-state index in [4.69, 9.17) is 0 Å². The van der Waals surface area contributed by atoms with E-state index < -0.39 is 0 Å². The maximum absolute atomic E-state index is 12.4. The number of carbonyl (C=O) groups excluding carboxylic acids is 1. The predicted octanol–water partition coefficient (Wildman–Crippen LogP) is 3.99. The van der Waals surface area contributed by atoms with E-state index in [1.54, 1.807) is 6.07 Å². The molecule has 0 aliphatic heterocycles. The van der Waals surface area contributed by atoms with Gasteiger partial charge in [0.05, 0.1) is 27.5 Å². The molecule has 0 atom stereocenters. The van der Waals surface area contributed by atoms with Gasteiger partial charge in [-0.15, -0.1) is 11.3 Å². The number of thiazole rings is 1. The summed E-state index contributed by atoms with van der Waals surface area (Å²) < 4.78 is 1.07. The number of hydrogen-bond donors (Lipinski definition) is 3. The number of benzene rings is 3. The van der Waals surface area contributed by atoms with E-state index in [9.17, 15) is 9.59 Å². The number of nitrogens with one attached hydrogen (secondary N) is 3. The minimum absolute atomic E-state index is 0.0968. The van der Waals surface area contributed by atoms with Gasteiger partial charge in [0.1, 0.15) is 5.01 Å². The first-order valence-electron chi connectivity index (χ1n) is 9.56. The van der Waals surface area contributed by atoms with Gasteiger partial charge in [-0.1, -0.05) is 42.5 Å². The maximum Gasteiger partial charge on any atom is 0.271 e. The van der Waals surface area contributed by atoms with Gasteiger partial charge in [-0.2, -0.15) is 0 Å². The van der Waals surface area contributed by atoms with Crippen molar-refractivity contribution in [3.8, 4) is 11.1 Å². The molecule has 7 heteroatoms. The van der Waals surface area contributed by atoms with Crippen LogP contribution in [0.4, 0.5) is 0 Å². The topological polar surface area (TPSA) is 90.6 Å². The molecule has 3 N–H and O–H groups in total. The summed E-state index contributed by atoms with van der Waals surface area (Å²) in [5.74, 6) is -0.0968. The minimum Gasteiger partial charge on any atom is -0.352 e. The number of fused-ring (bicyclic) bond motifs is 2. The fourth-order valence-corrected chi connectivity index (χ4v) is 4.45. The summed E-state index contributed by atoms with van der Waals surface area (Å²) in [7, 11) is 0. The van der Waals surface area contributed by atoms with Crippen molar-refractivity contribution in [2.45, 2.75) is 13.0 Å². The van der Waals surface area contributed by atoms with Crippen LogP contribution in [-0.2, 0) is 17.8 Å². The van der Waals surface area contributed by atoms with Gasteiger partial charge in [0.15, 0.2) is 0 Å². The zero-order valence-electron chi connectivity index (χ0n) is 15.9. The Kier molecular flexibility index (Phi) is 4.65. The largest absolute Gasteiger partial charge is 0.352 e. The molecule has 0 saturated carbocycles. The number of carbonyl (C=O) groups is 1. The van der Waals surface area contributed by atoms with Gasteiger partial charge in [-0.3, -0.25) is 19.8 Å². The van der Waals surface area contributed by atoms with Crippen LogP contribution in [0.25, 0.3) is 32.2 Å². The van der Waals surface area contributed by atoms with Crippen molar-refractivity contribution in [2.75, 3.05) is 0 Å². The second-order valence-electron chi connectivity index (χ2n) is 7.07. The molecule has 0 spiro atoms. The molecule has 3 aromatic carbocycles. The van der Waals surface area contributed by atoms with E-state index in [2.05, 4.69) is 44.8 Å². The third-order valence-corrected chi connectivity index (χ3v) is 6.00. The van der Waals surface area contributed by atoms with Crippen molar-refractivity contribution >= 4 is 38.4 Å². The number of aromatic nitrogens is 3. The van der Waals surface area contributed by atoms with Crippen LogP contribution in [0.1, 0.15) is 10.6 Å². The van der Waals surface area contributed by atoms with Crippen LogP contribution >= 0.6 is 11.3 Å². The van der Waals surface area contributed by atoms with Gasteiger partial charge in [-0.25, -0.2) is 4.98 Å². The van der Waals surface area contributed by atoms with Crippen LogP contribution in [0, 0.1) is 0 Å². The van der Waals surface area contributed by atoms with E-state index >= 15 is 0 Å². The van der Waals surface area contributed by atoms with Gasteiger partial charge < -0.3 is 5.32 Å². The van der Waals surface area contributed by atoms with Gasteiger partial charge in [0, 0.05) is 6.54 Å². The van der Waals surface area contributed by atoms with Crippen molar-refractivity contribution in [2.24, 2.45) is 0 Å². The Bertz CT molecular complexity index is 1420. The van der Waals surface area contributed by atoms with E-state index in [0.717, 1.165) is 37.4 Å². The summed E-state index contributed by atoms with van der Waals surface area (Å²) in [6.45, 7) is 0.364. The summed E-state index contributed by atoms with van der Waals surface area (Å²) in [4.78, 5) is 28.7. The van der Waals surface area contributed by atoms with Gasteiger partial charge >= 0.3 is 0 Å². The molecule has 0 fully saturated rings. The molecule has 2 heterocycles. The molecular weight excluding hydrogens is 396 g/mol. The molecule has 2 aromatic heterocycles. The molecule has 0 unspecified atom stereocenters. The highest BCUT2D eigenvalue weighted by Gasteiger charge is 2.11. The van der Waals surface area contributed by atoms with Crippen molar-refractivity contribution in [1.82, 2.24) is 20.5 Å². The third kappa shape index (κ3) is 3.62. The lowest BCUT2D eigenvalue weighted by Crippen LogP contribution is -2.24. The highest BCUT2D eigenvalue weighted by molar-refractivity contribution is 7.18. The highest BCUT2D eigenvalue weighted by atomic mass is 32.1. The van der Waals surface area contributed by atoms with E-state index in [-0.39, 0.29) is 17.9 Å². The summed E-state index contributed by atoms with van der Waals surface area (Å²) in [5, 5.41) is 9.64. The normalized spacial score (nSPS) is 11.2. The van der Waals surface area contributed by atoms with Crippen LogP contribution in [0.3, 0.4) is 0 Å². The molecule has 30 heavy (non-hydrogen) atoms. The van der Waals surface area contributed by atoms with Crippen molar-refractivity contribution < 1.29 is 4.79 Å². The maximum atomic E-state index is 12.4. The molecule has 5 rings (SSSR count). The molecule has 0 aliphatic rings. The lowest BCUT2D eigenvalue weighted by Gasteiger charge is -2.04. The van der Waals surface area contributed by atoms with Crippen LogP contribution in [-0.4, -0.2) is 21.1 Å². The molecule has 0 aliphatic carbocycles. The fraction of sp³-hybridized carbons (Fsp3) is 0.0870. The van der Waals surface area contributed by atoms with E-state index in [1.165, 1.54) is 11.3 Å². The monoisotopic (exact) mass is 414 g/mol. The SMILES string of the molecule is O=C(Cc1nc2ccc(-c3ccccc3)cc2s1)NCc1ccc2[nH][nH]c(=O)c2c1. The Morgan fingerprint density at radius 3 is 2.70 bits per heavy atom. The first kappa shape index (κ1) is 18.3. The fourth-order valence-electron chi connectivity index (χ4n) is 3.45. The van der Waals surface area contributed by atoms with Crippen molar-refractivity contribution in [1.29, 1.82) is 0 Å². The molecule has 0 saturated heterocycles. The van der Waals surface area contributed by atoms with Crippen LogP contribution in [0.15, 0.2) is 71.5 Å². The van der Waals surface area contributed by atoms with Gasteiger partial charge in [-0.05, 0) is 41.0 Å². The number of rotatable bonds is 5. The average molecular weight is 414 g/mol. The average Bonchev–Trinajstić information content (AvgIpc) is 3.35. The van der Waals surface area contributed by atoms with E-state index in [1.807, 2.05) is 36.4 Å². The molecule has 0 bridgehead atoms. The Morgan fingerprint density at radius 2 is 1.83 bits per heavy atom. The number of hydrogen-bond acceptors (Lipinski definition) is 4. The Balaban J connectivity index is 1.28. The zero-order chi connectivity index (χ0) is 20.5. The quantitative estimate of drug-likeness (QED) is 0.406. The van der Waals surface area contributed by atoms with E-state index in [0.29, 0.717) is 11.9 Å². The summed E-state index contributed by atoms with van der Waals surface area (Å²) in [5.41, 5.74) is 4.66.